The van der Waals surface area contributed by atoms with Crippen molar-refractivity contribution in [3.8, 4) is 0 Å². The molecule has 0 aromatic rings. The molecule has 0 aliphatic carbocycles. The summed E-state index contributed by atoms with van der Waals surface area (Å²) in [7, 11) is -2.40. The van der Waals surface area contributed by atoms with Crippen LogP contribution in [0, 0.1) is 0 Å². The summed E-state index contributed by atoms with van der Waals surface area (Å²) in [6, 6.07) is 0.818. The molecule has 0 aromatic heterocycles. The second-order valence-corrected chi connectivity index (χ2v) is 5.61. The zero-order valence-electron chi connectivity index (χ0n) is 9.54. The summed E-state index contributed by atoms with van der Waals surface area (Å²) < 4.78 is 17.0. The Bertz CT molecular complexity index is 124. The maximum absolute atomic E-state index is 5.65. The zero-order valence-corrected chi connectivity index (χ0v) is 10.5. The van der Waals surface area contributed by atoms with E-state index in [1.54, 1.807) is 0 Å². The van der Waals surface area contributed by atoms with E-state index in [1.807, 2.05) is 20.8 Å². The second kappa shape index (κ2) is 11.8. The molecule has 4 nitrogen and oxygen atoms in total. The summed E-state index contributed by atoms with van der Waals surface area (Å²) in [6.45, 7) is 8.44. The first-order chi connectivity index (χ1) is 6.74. The van der Waals surface area contributed by atoms with Crippen LogP contribution in [0.3, 0.4) is 0 Å². The minimum absolute atomic E-state index is 0. The van der Waals surface area contributed by atoms with E-state index in [1.165, 1.54) is 0 Å². The first-order valence-electron chi connectivity index (χ1n) is 5.36. The van der Waals surface area contributed by atoms with Crippen LogP contribution < -0.4 is 5.73 Å². The Morgan fingerprint density at radius 2 is 1.33 bits per heavy atom. The molecule has 0 fully saturated rings. The van der Waals surface area contributed by atoms with Crippen LogP contribution in [0.1, 0.15) is 27.2 Å². The van der Waals surface area contributed by atoms with E-state index >= 15 is 0 Å². The third kappa shape index (κ3) is 8.10. The number of hydrogen-bond acceptors (Lipinski definition) is 4. The van der Waals surface area contributed by atoms with E-state index in [-0.39, 0.29) is 37.7 Å². The molecule has 0 amide bonds. The topological polar surface area (TPSA) is 53.7 Å². The fourth-order valence-electron chi connectivity index (χ4n) is 1.32. The summed E-state index contributed by atoms with van der Waals surface area (Å²) in [5, 5.41) is 0. The average Bonchev–Trinajstić information content (AvgIpc) is 2.16. The van der Waals surface area contributed by atoms with Gasteiger partial charge in [-0.15, -0.1) is 0 Å². The fraction of sp³-hybridized carbons (Fsp3) is 1.00. The van der Waals surface area contributed by atoms with Crippen LogP contribution in [0.15, 0.2) is 0 Å². The van der Waals surface area contributed by atoms with E-state index in [0.29, 0.717) is 26.4 Å². The Morgan fingerprint density at radius 3 is 1.60 bits per heavy atom. The van der Waals surface area contributed by atoms with Crippen molar-refractivity contribution in [1.29, 1.82) is 0 Å². The molecule has 0 radical (unpaired) electrons. The monoisotopic (exact) mass is 263 g/mol. The molecule has 90 valence electrons. The summed E-state index contributed by atoms with van der Waals surface area (Å²) >= 11 is 0. The van der Waals surface area contributed by atoms with Crippen molar-refractivity contribution >= 4 is 46.5 Å². The molecule has 15 heavy (non-hydrogen) atoms. The van der Waals surface area contributed by atoms with Crippen molar-refractivity contribution in [1.82, 2.24) is 0 Å². The van der Waals surface area contributed by atoms with Gasteiger partial charge in [-0.25, -0.2) is 0 Å². The van der Waals surface area contributed by atoms with Gasteiger partial charge in [0.25, 0.3) is 0 Å². The van der Waals surface area contributed by atoms with Crippen LogP contribution in [0.5, 0.6) is 0 Å². The molecule has 6 heteroatoms. The van der Waals surface area contributed by atoms with E-state index in [9.17, 15) is 0 Å². The van der Waals surface area contributed by atoms with Gasteiger partial charge in [-0.2, -0.15) is 0 Å². The molecule has 0 heterocycles. The Hall–Kier alpha value is 1.32. The first kappa shape index (κ1) is 18.7. The predicted molar refractivity (Wildman–Crippen MR) is 67.7 cm³/mol. The van der Waals surface area contributed by atoms with Crippen molar-refractivity contribution in [2.24, 2.45) is 5.73 Å². The Balaban J connectivity index is 0. The normalized spacial score (nSPS) is 11.2. The molecule has 0 bridgehead atoms. The molecule has 0 unspecified atom stereocenters. The van der Waals surface area contributed by atoms with Crippen molar-refractivity contribution < 1.29 is 13.3 Å². The SMILES string of the molecule is CCO[Si](CCCN)(OCC)OCC.[CaH2]. The van der Waals surface area contributed by atoms with Crippen molar-refractivity contribution in [2.75, 3.05) is 26.4 Å². The first-order valence-corrected chi connectivity index (χ1v) is 7.29. The zero-order chi connectivity index (χ0) is 10.9. The maximum atomic E-state index is 5.65. The number of rotatable bonds is 9. The van der Waals surface area contributed by atoms with Crippen LogP contribution in [0.2, 0.25) is 6.04 Å². The molecule has 0 aliphatic heterocycles. The summed E-state index contributed by atoms with van der Waals surface area (Å²) in [4.78, 5) is 0. The average molecular weight is 263 g/mol. The molecule has 0 saturated heterocycles. The van der Waals surface area contributed by atoms with Crippen LogP contribution in [0.4, 0.5) is 0 Å². The van der Waals surface area contributed by atoms with Crippen molar-refractivity contribution in [3.63, 3.8) is 0 Å². The van der Waals surface area contributed by atoms with Gasteiger partial charge in [-0.3, -0.25) is 0 Å². The fourth-order valence-corrected chi connectivity index (χ4v) is 3.96. The van der Waals surface area contributed by atoms with Crippen LogP contribution in [-0.4, -0.2) is 72.9 Å². The Labute approximate surface area is 124 Å². The quantitative estimate of drug-likeness (QED) is 0.614. The van der Waals surface area contributed by atoms with Gasteiger partial charge in [0.05, 0.1) is 0 Å². The Morgan fingerprint density at radius 1 is 0.933 bits per heavy atom. The molecular weight excluding hydrogens is 238 g/mol. The van der Waals surface area contributed by atoms with Gasteiger partial charge in [-0.1, -0.05) is 0 Å². The van der Waals surface area contributed by atoms with Gasteiger partial charge >= 0.3 is 46.5 Å². The molecular formula is C9H25CaNO3Si. The summed E-state index contributed by atoms with van der Waals surface area (Å²) in [6.07, 6.45) is 0.895. The van der Waals surface area contributed by atoms with Gasteiger partial charge in [0.15, 0.2) is 0 Å². The Kier molecular flexibility index (Phi) is 14.7. The van der Waals surface area contributed by atoms with Crippen LogP contribution >= 0.6 is 0 Å². The summed E-state index contributed by atoms with van der Waals surface area (Å²) in [5.74, 6) is 0. The second-order valence-electron chi connectivity index (χ2n) is 2.87. The third-order valence-electron chi connectivity index (χ3n) is 1.78. The van der Waals surface area contributed by atoms with E-state index in [0.717, 1.165) is 12.5 Å². The van der Waals surface area contributed by atoms with Crippen LogP contribution in [-0.2, 0) is 13.3 Å². The third-order valence-corrected chi connectivity index (χ3v) is 4.93. The van der Waals surface area contributed by atoms with E-state index in [4.69, 9.17) is 19.0 Å². The van der Waals surface area contributed by atoms with Crippen molar-refractivity contribution in [2.45, 2.75) is 33.2 Å². The van der Waals surface area contributed by atoms with Crippen LogP contribution in [0.25, 0.3) is 0 Å². The predicted octanol–water partition coefficient (Wildman–Crippen LogP) is 0.467. The van der Waals surface area contributed by atoms with E-state index in [2.05, 4.69) is 0 Å². The molecule has 2 N–H and O–H groups in total. The van der Waals surface area contributed by atoms with Gasteiger partial charge in [0, 0.05) is 25.9 Å². The van der Waals surface area contributed by atoms with Crippen molar-refractivity contribution in [3.05, 3.63) is 0 Å². The van der Waals surface area contributed by atoms with E-state index < -0.39 is 8.80 Å². The summed E-state index contributed by atoms with van der Waals surface area (Å²) in [5.41, 5.74) is 5.48. The van der Waals surface area contributed by atoms with Gasteiger partial charge in [-0.05, 0) is 33.7 Å². The van der Waals surface area contributed by atoms with Gasteiger partial charge in [0.2, 0.25) is 0 Å². The standard InChI is InChI=1S/C9H23NO3Si.Ca.2H/c1-4-11-14(12-5-2,13-6-3)9-7-8-10;;;/h4-10H2,1-3H3;;;. The molecule has 0 aliphatic rings. The molecule has 0 atom stereocenters. The molecule has 0 spiro atoms. The van der Waals surface area contributed by atoms with Gasteiger partial charge in [0.1, 0.15) is 0 Å². The molecule has 0 aromatic carbocycles. The molecule has 0 rings (SSSR count). The number of hydrogen-bond donors (Lipinski definition) is 1. The number of nitrogens with two attached hydrogens (primary N) is 1. The molecule has 0 saturated carbocycles. The van der Waals surface area contributed by atoms with Gasteiger partial charge < -0.3 is 19.0 Å². The minimum atomic E-state index is -2.40.